The van der Waals surface area contributed by atoms with Crippen molar-refractivity contribution in [2.75, 3.05) is 32.8 Å². The minimum Gasteiger partial charge on any atom is -0.464 e. The van der Waals surface area contributed by atoms with Gasteiger partial charge in [0.1, 0.15) is 5.54 Å². The summed E-state index contributed by atoms with van der Waals surface area (Å²) in [5.74, 6) is -0.896. The predicted octanol–water partition coefficient (Wildman–Crippen LogP) is 2.80. The summed E-state index contributed by atoms with van der Waals surface area (Å²) in [4.78, 5) is 27.9. The lowest BCUT2D eigenvalue weighted by molar-refractivity contribution is -0.150. The van der Waals surface area contributed by atoms with Crippen molar-refractivity contribution in [1.29, 1.82) is 0 Å². The molecular weight excluding hydrogens is 466 g/mol. The van der Waals surface area contributed by atoms with E-state index in [-0.39, 0.29) is 17.1 Å². The van der Waals surface area contributed by atoms with Crippen molar-refractivity contribution >= 4 is 21.9 Å². The van der Waals surface area contributed by atoms with E-state index in [0.29, 0.717) is 39.0 Å². The number of benzene rings is 2. The Kier molecular flexibility index (Phi) is 7.88. The maximum absolute atomic E-state index is 13.3. The molecule has 1 aliphatic carbocycles. The number of esters is 1. The second-order valence-corrected chi connectivity index (χ2v) is 11.1. The monoisotopic (exact) mass is 499 g/mol. The number of hydrogen-bond donors (Lipinski definition) is 1. The molecule has 1 aliphatic heterocycles. The SMILES string of the molecule is CCOC(=O)C1(NC(=O)c2cccc(S(=O)(=O)N3CCN(Cc4ccccc4)CC3)c2)CCCC1. The van der Waals surface area contributed by atoms with Crippen LogP contribution in [-0.4, -0.2) is 67.8 Å². The van der Waals surface area contributed by atoms with Crippen LogP contribution in [0, 0.1) is 0 Å². The molecule has 4 rings (SSSR count). The molecule has 0 aromatic heterocycles. The van der Waals surface area contributed by atoms with E-state index in [1.54, 1.807) is 19.1 Å². The lowest BCUT2D eigenvalue weighted by atomic mass is 9.97. The van der Waals surface area contributed by atoms with Crippen molar-refractivity contribution in [2.45, 2.75) is 49.6 Å². The molecule has 0 atom stereocenters. The Morgan fingerprint density at radius 2 is 1.66 bits per heavy atom. The lowest BCUT2D eigenvalue weighted by Crippen LogP contribution is -2.53. The molecule has 1 saturated heterocycles. The van der Waals surface area contributed by atoms with Crippen LogP contribution in [0.4, 0.5) is 0 Å². The molecule has 0 radical (unpaired) electrons. The van der Waals surface area contributed by atoms with E-state index in [1.807, 2.05) is 18.2 Å². The van der Waals surface area contributed by atoms with Gasteiger partial charge in [-0.1, -0.05) is 49.2 Å². The van der Waals surface area contributed by atoms with Crippen LogP contribution in [-0.2, 0) is 26.1 Å². The highest BCUT2D eigenvalue weighted by atomic mass is 32.2. The van der Waals surface area contributed by atoms with Gasteiger partial charge in [0, 0.05) is 38.3 Å². The average Bonchev–Trinajstić information content (AvgIpc) is 3.35. The zero-order chi connectivity index (χ0) is 24.9. The minimum atomic E-state index is -3.75. The zero-order valence-corrected chi connectivity index (χ0v) is 20.9. The summed E-state index contributed by atoms with van der Waals surface area (Å²) in [7, 11) is -3.75. The van der Waals surface area contributed by atoms with Gasteiger partial charge in [0.05, 0.1) is 11.5 Å². The Balaban J connectivity index is 1.43. The van der Waals surface area contributed by atoms with Gasteiger partial charge in [-0.05, 0) is 43.5 Å². The predicted molar refractivity (Wildman–Crippen MR) is 132 cm³/mol. The van der Waals surface area contributed by atoms with Crippen LogP contribution in [0.5, 0.6) is 0 Å². The van der Waals surface area contributed by atoms with Gasteiger partial charge in [0.25, 0.3) is 5.91 Å². The fraction of sp³-hybridized carbons (Fsp3) is 0.462. The van der Waals surface area contributed by atoms with Crippen LogP contribution in [0.3, 0.4) is 0 Å². The second kappa shape index (κ2) is 10.9. The van der Waals surface area contributed by atoms with Gasteiger partial charge in [-0.25, -0.2) is 13.2 Å². The van der Waals surface area contributed by atoms with E-state index in [1.165, 1.54) is 22.0 Å². The smallest absolute Gasteiger partial charge is 0.331 e. The van der Waals surface area contributed by atoms with Gasteiger partial charge in [-0.15, -0.1) is 0 Å². The summed E-state index contributed by atoms with van der Waals surface area (Å²) < 4.78 is 33.3. The van der Waals surface area contributed by atoms with Crippen molar-refractivity contribution in [3.63, 3.8) is 0 Å². The summed E-state index contributed by atoms with van der Waals surface area (Å²) in [6, 6.07) is 16.2. The first-order valence-electron chi connectivity index (χ1n) is 12.2. The van der Waals surface area contributed by atoms with Crippen LogP contribution in [0.15, 0.2) is 59.5 Å². The summed E-state index contributed by atoms with van der Waals surface area (Å²) in [5.41, 5.74) is 0.367. The molecule has 1 saturated carbocycles. The van der Waals surface area contributed by atoms with E-state index >= 15 is 0 Å². The molecule has 2 aliphatic rings. The molecule has 188 valence electrons. The number of ether oxygens (including phenoxy) is 1. The van der Waals surface area contributed by atoms with E-state index in [4.69, 9.17) is 4.74 Å². The molecule has 9 heteroatoms. The van der Waals surface area contributed by atoms with Gasteiger partial charge >= 0.3 is 5.97 Å². The number of hydrogen-bond acceptors (Lipinski definition) is 6. The quantitative estimate of drug-likeness (QED) is 0.561. The number of sulfonamides is 1. The van der Waals surface area contributed by atoms with Crippen molar-refractivity contribution in [3.8, 4) is 0 Å². The zero-order valence-electron chi connectivity index (χ0n) is 20.1. The molecule has 2 fully saturated rings. The number of nitrogens with one attached hydrogen (secondary N) is 1. The van der Waals surface area contributed by atoms with Crippen molar-refractivity contribution in [3.05, 3.63) is 65.7 Å². The topological polar surface area (TPSA) is 96.0 Å². The number of carbonyl (C=O) groups is 2. The summed E-state index contributed by atoms with van der Waals surface area (Å²) in [6.07, 6.45) is 2.68. The number of amides is 1. The molecule has 0 unspecified atom stereocenters. The largest absolute Gasteiger partial charge is 0.464 e. The Morgan fingerprint density at radius 1 is 0.971 bits per heavy atom. The average molecular weight is 500 g/mol. The van der Waals surface area contributed by atoms with E-state index < -0.39 is 27.4 Å². The molecule has 1 heterocycles. The number of nitrogens with zero attached hydrogens (tertiary/aromatic N) is 2. The third kappa shape index (κ3) is 5.74. The third-order valence-corrected chi connectivity index (χ3v) is 8.68. The highest BCUT2D eigenvalue weighted by molar-refractivity contribution is 7.89. The summed E-state index contributed by atoms with van der Waals surface area (Å²) >= 11 is 0. The fourth-order valence-electron chi connectivity index (χ4n) is 4.83. The highest BCUT2D eigenvalue weighted by Gasteiger charge is 2.44. The van der Waals surface area contributed by atoms with E-state index in [2.05, 4.69) is 22.3 Å². The first-order chi connectivity index (χ1) is 16.8. The van der Waals surface area contributed by atoms with Crippen LogP contribution in [0.25, 0.3) is 0 Å². The van der Waals surface area contributed by atoms with Crippen LogP contribution in [0.1, 0.15) is 48.5 Å². The van der Waals surface area contributed by atoms with Crippen molar-refractivity contribution in [1.82, 2.24) is 14.5 Å². The van der Waals surface area contributed by atoms with Gasteiger partial charge in [-0.2, -0.15) is 4.31 Å². The number of piperazine rings is 1. The van der Waals surface area contributed by atoms with Crippen LogP contribution >= 0.6 is 0 Å². The van der Waals surface area contributed by atoms with Crippen LogP contribution < -0.4 is 5.32 Å². The molecule has 8 nitrogen and oxygen atoms in total. The molecule has 35 heavy (non-hydrogen) atoms. The molecule has 0 spiro atoms. The third-order valence-electron chi connectivity index (χ3n) is 6.79. The maximum atomic E-state index is 13.3. The number of carbonyl (C=O) groups excluding carboxylic acids is 2. The molecular formula is C26H33N3O5S. The van der Waals surface area contributed by atoms with E-state index in [9.17, 15) is 18.0 Å². The van der Waals surface area contributed by atoms with Crippen molar-refractivity contribution < 1.29 is 22.7 Å². The van der Waals surface area contributed by atoms with Gasteiger partial charge in [0.2, 0.25) is 10.0 Å². The van der Waals surface area contributed by atoms with Gasteiger partial charge in [0.15, 0.2) is 0 Å². The van der Waals surface area contributed by atoms with E-state index in [0.717, 1.165) is 19.4 Å². The molecule has 0 bridgehead atoms. The standard InChI is InChI=1S/C26H33N3O5S/c1-2-34-25(31)26(13-6-7-14-26)27-24(30)22-11-8-12-23(19-22)35(32,33)29-17-15-28(16-18-29)20-21-9-4-3-5-10-21/h3-5,8-12,19H,2,6-7,13-18,20H2,1H3,(H,27,30). The number of rotatable bonds is 8. The van der Waals surface area contributed by atoms with Gasteiger partial charge in [-0.3, -0.25) is 9.69 Å². The highest BCUT2D eigenvalue weighted by Crippen LogP contribution is 2.31. The first kappa shape index (κ1) is 25.3. The Bertz CT molecular complexity index is 1140. The molecule has 1 N–H and O–H groups in total. The summed E-state index contributed by atoms with van der Waals surface area (Å²) in [6.45, 7) is 4.80. The second-order valence-electron chi connectivity index (χ2n) is 9.16. The lowest BCUT2D eigenvalue weighted by Gasteiger charge is -2.34. The maximum Gasteiger partial charge on any atom is 0.331 e. The first-order valence-corrected chi connectivity index (χ1v) is 13.6. The normalized spacial score (nSPS) is 18.8. The van der Waals surface area contributed by atoms with Crippen molar-refractivity contribution in [2.24, 2.45) is 0 Å². The summed E-state index contributed by atoms with van der Waals surface area (Å²) in [5, 5.41) is 2.85. The Hall–Kier alpha value is -2.75. The Morgan fingerprint density at radius 3 is 2.31 bits per heavy atom. The molecule has 1 amide bonds. The molecule has 2 aromatic rings. The molecule has 2 aromatic carbocycles. The van der Waals surface area contributed by atoms with Gasteiger partial charge < -0.3 is 10.1 Å². The van der Waals surface area contributed by atoms with Crippen LogP contribution in [0.2, 0.25) is 0 Å². The minimum absolute atomic E-state index is 0.0817. The fourth-order valence-corrected chi connectivity index (χ4v) is 6.30. The Labute approximate surface area is 207 Å².